The van der Waals surface area contributed by atoms with E-state index in [4.69, 9.17) is 13.6 Å². The smallest absolute Gasteiger partial charge is 0.384 e. The molecule has 0 bridgehead atoms. The highest BCUT2D eigenvalue weighted by Gasteiger charge is 2.18. The van der Waals surface area contributed by atoms with Gasteiger partial charge in [0.25, 0.3) is 0 Å². The maximum absolute atomic E-state index is 6.00. The second kappa shape index (κ2) is 10.0. The van der Waals surface area contributed by atoms with Crippen LogP contribution in [0.3, 0.4) is 0 Å². The van der Waals surface area contributed by atoms with E-state index in [2.05, 4.69) is 6.92 Å². The predicted molar refractivity (Wildman–Crippen MR) is 80.7 cm³/mol. The van der Waals surface area contributed by atoms with E-state index in [0.29, 0.717) is 0 Å². The summed E-state index contributed by atoms with van der Waals surface area (Å²) in [5.41, 5.74) is 0. The van der Waals surface area contributed by atoms with Gasteiger partial charge in [0.1, 0.15) is 12.0 Å². The molecule has 0 fully saturated rings. The molecule has 0 N–H and O–H groups in total. The van der Waals surface area contributed by atoms with E-state index in [1.54, 1.807) is 7.11 Å². The van der Waals surface area contributed by atoms with Crippen LogP contribution in [0.25, 0.3) is 0 Å². The number of hydrogen-bond donors (Lipinski definition) is 0. The first-order chi connectivity index (χ1) is 9.26. The van der Waals surface area contributed by atoms with E-state index in [9.17, 15) is 0 Å². The predicted octanol–water partition coefficient (Wildman–Crippen LogP) is 3.88. The van der Waals surface area contributed by atoms with Gasteiger partial charge < -0.3 is 13.6 Å². The normalized spacial score (nSPS) is 14.1. The Hall–Kier alpha value is -0.843. The van der Waals surface area contributed by atoms with Crippen molar-refractivity contribution in [2.75, 3.05) is 7.11 Å². The van der Waals surface area contributed by atoms with Gasteiger partial charge in [-0.15, -0.1) is 0 Å². The average Bonchev–Trinajstić information content (AvgIpc) is 2.44. The summed E-state index contributed by atoms with van der Waals surface area (Å²) < 4.78 is 17.1. The molecule has 0 aliphatic heterocycles. The van der Waals surface area contributed by atoms with Gasteiger partial charge in [-0.05, 0) is 25.1 Å². The zero-order valence-electron chi connectivity index (χ0n) is 12.3. The molecule has 0 spiro atoms. The maximum Gasteiger partial charge on any atom is 0.384 e. The number of para-hydroxylation sites is 1. The Morgan fingerprint density at radius 2 is 1.84 bits per heavy atom. The summed E-state index contributed by atoms with van der Waals surface area (Å²) in [5.74, 6) is 0.901. The Bertz CT molecular complexity index is 318. The van der Waals surface area contributed by atoms with Crippen LogP contribution in [0.2, 0.25) is 6.04 Å². The fraction of sp³-hybridized carbons (Fsp3) is 0.600. The molecule has 3 nitrogen and oxygen atoms in total. The summed E-state index contributed by atoms with van der Waals surface area (Å²) in [4.78, 5) is 0. The van der Waals surface area contributed by atoms with Crippen LogP contribution in [0.5, 0.6) is 5.75 Å². The van der Waals surface area contributed by atoms with E-state index in [1.165, 1.54) is 25.7 Å². The summed E-state index contributed by atoms with van der Waals surface area (Å²) in [6.07, 6.45) is 4.77. The van der Waals surface area contributed by atoms with Gasteiger partial charge in [0.2, 0.25) is 0 Å². The molecule has 1 rings (SSSR count). The van der Waals surface area contributed by atoms with Gasteiger partial charge in [0, 0.05) is 7.11 Å². The van der Waals surface area contributed by atoms with Crippen LogP contribution in [-0.2, 0) is 9.16 Å². The quantitative estimate of drug-likeness (QED) is 0.370. The minimum atomic E-state index is -1.70. The van der Waals surface area contributed by atoms with Gasteiger partial charge in [-0.2, -0.15) is 0 Å². The zero-order chi connectivity index (χ0) is 13.9. The lowest BCUT2D eigenvalue weighted by molar-refractivity contribution is -0.0497. The molecule has 0 aliphatic carbocycles. The Morgan fingerprint density at radius 1 is 1.11 bits per heavy atom. The molecule has 0 radical (unpaired) electrons. The third kappa shape index (κ3) is 7.35. The van der Waals surface area contributed by atoms with E-state index < -0.39 is 9.28 Å². The monoisotopic (exact) mass is 282 g/mol. The van der Waals surface area contributed by atoms with Crippen LogP contribution in [-0.4, -0.2) is 22.7 Å². The first-order valence-electron chi connectivity index (χ1n) is 7.16. The molecular weight excluding hydrogens is 256 g/mol. The summed E-state index contributed by atoms with van der Waals surface area (Å²) in [7, 11) is -0.0412. The lowest BCUT2D eigenvalue weighted by atomic mass is 10.2. The van der Waals surface area contributed by atoms with E-state index in [0.717, 1.165) is 11.8 Å². The van der Waals surface area contributed by atoms with Crippen molar-refractivity contribution in [2.45, 2.75) is 51.9 Å². The first kappa shape index (κ1) is 16.2. The standard InChI is InChI=1S/C15H26O3Si/c1-4-5-6-10-13-19(17-14(2)16-3)18-15-11-8-7-9-12-15/h7-9,11-12,14,19H,4-6,10,13H2,1-3H3. The van der Waals surface area contributed by atoms with E-state index in [1.807, 2.05) is 37.3 Å². The molecule has 0 saturated carbocycles. The van der Waals surface area contributed by atoms with Crippen LogP contribution in [0.15, 0.2) is 30.3 Å². The highest BCUT2D eigenvalue weighted by molar-refractivity contribution is 6.45. The van der Waals surface area contributed by atoms with E-state index in [-0.39, 0.29) is 6.29 Å². The van der Waals surface area contributed by atoms with Gasteiger partial charge >= 0.3 is 9.28 Å². The van der Waals surface area contributed by atoms with Crippen molar-refractivity contribution in [1.29, 1.82) is 0 Å². The fourth-order valence-corrected chi connectivity index (χ4v) is 3.74. The molecule has 0 heterocycles. The van der Waals surface area contributed by atoms with Crippen molar-refractivity contribution in [3.8, 4) is 5.75 Å². The molecule has 0 amide bonds. The Labute approximate surface area is 118 Å². The van der Waals surface area contributed by atoms with Crippen molar-refractivity contribution in [3.63, 3.8) is 0 Å². The van der Waals surface area contributed by atoms with Crippen LogP contribution in [0.4, 0.5) is 0 Å². The molecule has 0 saturated heterocycles. The van der Waals surface area contributed by atoms with Crippen molar-refractivity contribution < 1.29 is 13.6 Å². The van der Waals surface area contributed by atoms with Gasteiger partial charge in [-0.3, -0.25) is 0 Å². The highest BCUT2D eigenvalue weighted by atomic mass is 28.3. The second-order valence-electron chi connectivity index (χ2n) is 4.65. The second-order valence-corrected chi connectivity index (χ2v) is 6.59. The largest absolute Gasteiger partial charge is 0.522 e. The molecule has 2 atom stereocenters. The summed E-state index contributed by atoms with van der Waals surface area (Å²) in [6.45, 7) is 4.14. The molecule has 1 aromatic rings. The number of hydrogen-bond acceptors (Lipinski definition) is 3. The third-order valence-corrected chi connectivity index (χ3v) is 5.08. The molecule has 108 valence electrons. The van der Waals surface area contributed by atoms with Crippen LogP contribution in [0, 0.1) is 0 Å². The molecule has 19 heavy (non-hydrogen) atoms. The topological polar surface area (TPSA) is 27.7 Å². The molecule has 2 unspecified atom stereocenters. The Morgan fingerprint density at radius 3 is 2.47 bits per heavy atom. The molecule has 0 aromatic heterocycles. The fourth-order valence-electron chi connectivity index (χ4n) is 1.81. The van der Waals surface area contributed by atoms with Crippen molar-refractivity contribution in [2.24, 2.45) is 0 Å². The minimum absolute atomic E-state index is 0.188. The molecule has 0 aliphatic rings. The van der Waals surface area contributed by atoms with Gasteiger partial charge in [0.15, 0.2) is 0 Å². The van der Waals surface area contributed by atoms with E-state index >= 15 is 0 Å². The number of ether oxygens (including phenoxy) is 1. The Kier molecular flexibility index (Phi) is 8.54. The lowest BCUT2D eigenvalue weighted by Gasteiger charge is -2.21. The van der Waals surface area contributed by atoms with Gasteiger partial charge in [-0.1, -0.05) is 50.8 Å². The Balaban J connectivity index is 2.44. The van der Waals surface area contributed by atoms with Gasteiger partial charge in [0.05, 0.1) is 0 Å². The number of benzene rings is 1. The number of rotatable bonds is 10. The minimum Gasteiger partial charge on any atom is -0.522 e. The summed E-state index contributed by atoms with van der Waals surface area (Å²) in [5, 5.41) is 0. The molecule has 4 heteroatoms. The van der Waals surface area contributed by atoms with Crippen LogP contribution in [0.1, 0.15) is 39.5 Å². The summed E-state index contributed by atoms with van der Waals surface area (Å²) >= 11 is 0. The van der Waals surface area contributed by atoms with Crippen molar-refractivity contribution in [3.05, 3.63) is 30.3 Å². The molecule has 1 aromatic carbocycles. The van der Waals surface area contributed by atoms with Crippen molar-refractivity contribution in [1.82, 2.24) is 0 Å². The number of unbranched alkanes of at least 4 members (excludes halogenated alkanes) is 3. The lowest BCUT2D eigenvalue weighted by Crippen LogP contribution is -2.31. The summed E-state index contributed by atoms with van der Waals surface area (Å²) in [6, 6.07) is 10.9. The van der Waals surface area contributed by atoms with Crippen LogP contribution >= 0.6 is 0 Å². The molecular formula is C15H26O3Si. The maximum atomic E-state index is 6.00. The third-order valence-electron chi connectivity index (χ3n) is 2.98. The van der Waals surface area contributed by atoms with Crippen molar-refractivity contribution >= 4 is 9.28 Å². The SMILES string of the molecule is CCCCCC[SiH](Oc1ccccc1)OC(C)OC. The zero-order valence-corrected chi connectivity index (χ0v) is 13.5. The van der Waals surface area contributed by atoms with Crippen LogP contribution < -0.4 is 4.43 Å². The highest BCUT2D eigenvalue weighted by Crippen LogP contribution is 2.15. The average molecular weight is 282 g/mol. The first-order valence-corrected chi connectivity index (χ1v) is 8.92. The van der Waals surface area contributed by atoms with Gasteiger partial charge in [-0.25, -0.2) is 0 Å². The number of methoxy groups -OCH3 is 1.